The lowest BCUT2D eigenvalue weighted by Crippen LogP contribution is -2.61. The average molecular weight is 280 g/mol. The average Bonchev–Trinajstić information content (AvgIpc) is 2.36. The van der Waals surface area contributed by atoms with Crippen LogP contribution in [0, 0.1) is 0 Å². The van der Waals surface area contributed by atoms with Crippen LogP contribution in [0.25, 0.3) is 0 Å². The molecule has 0 radical (unpaired) electrons. The number of hydrogen-bond donors (Lipinski definition) is 1. The summed E-state index contributed by atoms with van der Waals surface area (Å²) in [7, 11) is 0. The molecule has 1 aromatic rings. The highest BCUT2D eigenvalue weighted by atomic mass is 16.6. The topological polar surface area (TPSA) is 62.7 Å². The lowest BCUT2D eigenvalue weighted by molar-refractivity contribution is -0.103. The summed E-state index contributed by atoms with van der Waals surface area (Å²) in [4.78, 5) is 17.2. The zero-order valence-electron chi connectivity index (χ0n) is 12.9. The quantitative estimate of drug-likeness (QED) is 0.858. The Labute approximate surface area is 120 Å². The number of aromatic nitrogens is 1. The molecule has 1 amide bonds. The van der Waals surface area contributed by atoms with Crippen molar-refractivity contribution < 1.29 is 14.6 Å². The van der Waals surface area contributed by atoms with Gasteiger partial charge in [0, 0.05) is 18.0 Å². The third-order valence-corrected chi connectivity index (χ3v) is 2.76. The first kappa shape index (κ1) is 16.4. The van der Waals surface area contributed by atoms with Crippen molar-refractivity contribution in [2.45, 2.75) is 45.8 Å². The van der Waals surface area contributed by atoms with Gasteiger partial charge in [0.1, 0.15) is 11.2 Å². The summed E-state index contributed by atoms with van der Waals surface area (Å²) >= 11 is 0. The van der Waals surface area contributed by atoms with Crippen LogP contribution in [0.2, 0.25) is 0 Å². The number of carbonyl (C=O) groups excluding carboxylic acids is 1. The van der Waals surface area contributed by atoms with E-state index in [1.807, 2.05) is 34.6 Å². The maximum absolute atomic E-state index is 11.7. The molecule has 2 rings (SSSR count). The standard InChI is InChI=1S/C13H18N2O3.C2H6/c1-12(2,3)18-11(16)15-8-13(17,9-15)10-5-4-6-14-7-10;1-2/h4-7,17H,8-9H2,1-3H3;1-2H3. The van der Waals surface area contributed by atoms with Gasteiger partial charge in [-0.1, -0.05) is 19.9 Å². The second-order valence-electron chi connectivity index (χ2n) is 5.61. The second-order valence-corrected chi connectivity index (χ2v) is 5.61. The molecular weight excluding hydrogens is 256 g/mol. The van der Waals surface area contributed by atoms with Crippen LogP contribution in [0.3, 0.4) is 0 Å². The number of aliphatic hydroxyl groups is 1. The van der Waals surface area contributed by atoms with Gasteiger partial charge in [0.2, 0.25) is 0 Å². The zero-order valence-corrected chi connectivity index (χ0v) is 12.9. The van der Waals surface area contributed by atoms with Crippen molar-refractivity contribution >= 4 is 6.09 Å². The van der Waals surface area contributed by atoms with Crippen molar-refractivity contribution in [1.29, 1.82) is 0 Å². The molecule has 1 saturated heterocycles. The number of amides is 1. The van der Waals surface area contributed by atoms with Gasteiger partial charge in [-0.05, 0) is 26.8 Å². The largest absolute Gasteiger partial charge is 0.444 e. The number of ether oxygens (including phenoxy) is 1. The Morgan fingerprint density at radius 1 is 1.40 bits per heavy atom. The highest BCUT2D eigenvalue weighted by Gasteiger charge is 2.46. The fourth-order valence-electron chi connectivity index (χ4n) is 1.86. The Morgan fingerprint density at radius 2 is 2.00 bits per heavy atom. The molecule has 1 fully saturated rings. The summed E-state index contributed by atoms with van der Waals surface area (Å²) in [5.41, 5.74) is -0.783. The van der Waals surface area contributed by atoms with E-state index in [0.717, 1.165) is 5.56 Å². The first-order valence-electron chi connectivity index (χ1n) is 6.91. The minimum atomic E-state index is -0.995. The van der Waals surface area contributed by atoms with E-state index in [1.165, 1.54) is 4.90 Å². The molecule has 0 aromatic carbocycles. The molecule has 0 unspecified atom stereocenters. The van der Waals surface area contributed by atoms with Gasteiger partial charge in [-0.25, -0.2) is 4.79 Å². The number of pyridine rings is 1. The highest BCUT2D eigenvalue weighted by Crippen LogP contribution is 2.32. The lowest BCUT2D eigenvalue weighted by atomic mass is 9.87. The van der Waals surface area contributed by atoms with Crippen LogP contribution in [-0.4, -0.2) is 39.8 Å². The van der Waals surface area contributed by atoms with Crippen molar-refractivity contribution in [3.8, 4) is 0 Å². The molecule has 0 atom stereocenters. The summed E-state index contributed by atoms with van der Waals surface area (Å²) in [6.45, 7) is 9.94. The van der Waals surface area contributed by atoms with Gasteiger partial charge in [0.15, 0.2) is 0 Å². The summed E-state index contributed by atoms with van der Waals surface area (Å²) < 4.78 is 5.23. The molecule has 0 aliphatic carbocycles. The van der Waals surface area contributed by atoms with Crippen LogP contribution in [0.4, 0.5) is 4.79 Å². The van der Waals surface area contributed by atoms with Gasteiger partial charge in [-0.2, -0.15) is 0 Å². The van der Waals surface area contributed by atoms with E-state index in [4.69, 9.17) is 4.74 Å². The first-order valence-corrected chi connectivity index (χ1v) is 6.91. The molecular formula is C15H24N2O3. The smallest absolute Gasteiger partial charge is 0.410 e. The zero-order chi connectivity index (χ0) is 15.4. The van der Waals surface area contributed by atoms with Crippen molar-refractivity contribution in [3.05, 3.63) is 30.1 Å². The van der Waals surface area contributed by atoms with Gasteiger partial charge in [0.25, 0.3) is 0 Å². The predicted molar refractivity (Wildman–Crippen MR) is 77.3 cm³/mol. The van der Waals surface area contributed by atoms with Gasteiger partial charge in [-0.3, -0.25) is 4.98 Å². The normalized spacial score (nSPS) is 16.6. The van der Waals surface area contributed by atoms with Crippen molar-refractivity contribution in [2.75, 3.05) is 13.1 Å². The Bertz CT molecular complexity index is 434. The first-order chi connectivity index (χ1) is 9.30. The fourth-order valence-corrected chi connectivity index (χ4v) is 1.86. The van der Waals surface area contributed by atoms with Crippen LogP contribution in [-0.2, 0) is 10.3 Å². The van der Waals surface area contributed by atoms with Gasteiger partial charge in [-0.15, -0.1) is 0 Å². The van der Waals surface area contributed by atoms with E-state index in [0.29, 0.717) is 0 Å². The van der Waals surface area contributed by atoms with E-state index in [2.05, 4.69) is 4.98 Å². The minimum absolute atomic E-state index is 0.244. The third kappa shape index (κ3) is 3.93. The Hall–Kier alpha value is -1.62. The van der Waals surface area contributed by atoms with Crippen molar-refractivity contribution in [3.63, 3.8) is 0 Å². The van der Waals surface area contributed by atoms with E-state index in [-0.39, 0.29) is 13.1 Å². The summed E-state index contributed by atoms with van der Waals surface area (Å²) in [6, 6.07) is 3.57. The number of hydrogen-bond acceptors (Lipinski definition) is 4. The van der Waals surface area contributed by atoms with Crippen LogP contribution in [0.15, 0.2) is 24.5 Å². The minimum Gasteiger partial charge on any atom is -0.444 e. The van der Waals surface area contributed by atoms with Crippen LogP contribution < -0.4 is 0 Å². The number of likely N-dealkylation sites (tertiary alicyclic amines) is 1. The Morgan fingerprint density at radius 3 is 2.45 bits per heavy atom. The third-order valence-electron chi connectivity index (χ3n) is 2.76. The molecule has 1 aliphatic rings. The highest BCUT2D eigenvalue weighted by molar-refractivity contribution is 5.70. The van der Waals surface area contributed by atoms with E-state index in [1.54, 1.807) is 24.5 Å². The SMILES string of the molecule is CC.CC(C)(C)OC(=O)N1CC(O)(c2cccnc2)C1. The molecule has 1 N–H and O–H groups in total. The van der Waals surface area contributed by atoms with Gasteiger partial charge >= 0.3 is 6.09 Å². The van der Waals surface area contributed by atoms with Crippen LogP contribution in [0.5, 0.6) is 0 Å². The molecule has 0 bridgehead atoms. The van der Waals surface area contributed by atoms with Gasteiger partial charge < -0.3 is 14.7 Å². The number of rotatable bonds is 1. The summed E-state index contributed by atoms with van der Waals surface area (Å²) in [5, 5.41) is 10.3. The Balaban J connectivity index is 0.000000956. The molecule has 5 nitrogen and oxygen atoms in total. The molecule has 5 heteroatoms. The molecule has 20 heavy (non-hydrogen) atoms. The number of β-amino-alcohol motifs (C(OH)–C–C–N with tert-alkyl or cyclic N) is 1. The summed E-state index contributed by atoms with van der Waals surface area (Å²) in [5.74, 6) is 0. The molecule has 1 aliphatic heterocycles. The number of carbonyl (C=O) groups is 1. The lowest BCUT2D eigenvalue weighted by Gasteiger charge is -2.46. The second kappa shape index (κ2) is 6.22. The maximum atomic E-state index is 11.7. The van der Waals surface area contributed by atoms with E-state index in [9.17, 15) is 9.90 Å². The van der Waals surface area contributed by atoms with Crippen LogP contribution >= 0.6 is 0 Å². The van der Waals surface area contributed by atoms with E-state index < -0.39 is 17.3 Å². The molecule has 2 heterocycles. The van der Waals surface area contributed by atoms with E-state index >= 15 is 0 Å². The van der Waals surface area contributed by atoms with Gasteiger partial charge in [0.05, 0.1) is 13.1 Å². The predicted octanol–water partition coefficient (Wildman–Crippen LogP) is 2.55. The van der Waals surface area contributed by atoms with Crippen molar-refractivity contribution in [1.82, 2.24) is 9.88 Å². The molecule has 1 aromatic heterocycles. The van der Waals surface area contributed by atoms with Crippen LogP contribution in [0.1, 0.15) is 40.2 Å². The maximum Gasteiger partial charge on any atom is 0.410 e. The molecule has 112 valence electrons. The Kier molecular flexibility index (Phi) is 5.11. The molecule has 0 spiro atoms. The number of nitrogens with zero attached hydrogens (tertiary/aromatic N) is 2. The molecule has 0 saturated carbocycles. The fraction of sp³-hybridized carbons (Fsp3) is 0.600. The monoisotopic (exact) mass is 280 g/mol. The van der Waals surface area contributed by atoms with Crippen molar-refractivity contribution in [2.24, 2.45) is 0 Å². The summed E-state index contributed by atoms with van der Waals surface area (Å²) in [6.07, 6.45) is 2.87.